The second-order valence-electron chi connectivity index (χ2n) is 8.15. The molecule has 0 amide bonds. The van der Waals surface area contributed by atoms with Crippen molar-refractivity contribution >= 4 is 11.6 Å². The van der Waals surface area contributed by atoms with Gasteiger partial charge < -0.3 is 5.32 Å². The Balaban J connectivity index is 1.30. The molecular formula is C27H30ClN. The Morgan fingerprint density at radius 2 is 1.52 bits per heavy atom. The zero-order chi connectivity index (χ0) is 19.9. The second-order valence-corrected chi connectivity index (χ2v) is 8.59. The van der Waals surface area contributed by atoms with Crippen molar-refractivity contribution in [2.45, 2.75) is 44.4 Å². The van der Waals surface area contributed by atoms with E-state index in [4.69, 9.17) is 11.6 Å². The summed E-state index contributed by atoms with van der Waals surface area (Å²) in [6.45, 7) is 2.11. The van der Waals surface area contributed by atoms with E-state index in [0.717, 1.165) is 31.0 Å². The molecule has 0 spiro atoms. The molecule has 3 aromatic carbocycles. The summed E-state index contributed by atoms with van der Waals surface area (Å²) in [5.41, 5.74) is 7.47. The van der Waals surface area contributed by atoms with Crippen molar-refractivity contribution in [2.75, 3.05) is 13.1 Å². The molecule has 1 N–H and O–H groups in total. The summed E-state index contributed by atoms with van der Waals surface area (Å²) >= 11 is 5.96. The van der Waals surface area contributed by atoms with Crippen molar-refractivity contribution in [1.82, 2.24) is 5.32 Å². The molecule has 0 saturated carbocycles. The van der Waals surface area contributed by atoms with Crippen molar-refractivity contribution < 1.29 is 0 Å². The van der Waals surface area contributed by atoms with E-state index in [0.29, 0.717) is 5.92 Å². The minimum Gasteiger partial charge on any atom is -0.316 e. The predicted molar refractivity (Wildman–Crippen MR) is 124 cm³/mol. The van der Waals surface area contributed by atoms with Gasteiger partial charge in [-0.2, -0.15) is 0 Å². The van der Waals surface area contributed by atoms with Crippen molar-refractivity contribution in [3.05, 3.63) is 106 Å². The summed E-state index contributed by atoms with van der Waals surface area (Å²) in [5, 5.41) is 4.43. The van der Waals surface area contributed by atoms with Crippen LogP contribution in [-0.4, -0.2) is 13.1 Å². The Labute approximate surface area is 180 Å². The Bertz CT molecular complexity index is 916. The lowest BCUT2D eigenvalue weighted by atomic mass is 9.80. The monoisotopic (exact) mass is 403 g/mol. The van der Waals surface area contributed by atoms with E-state index in [1.165, 1.54) is 47.9 Å². The number of nitrogens with one attached hydrogen (secondary N) is 1. The zero-order valence-corrected chi connectivity index (χ0v) is 17.8. The van der Waals surface area contributed by atoms with E-state index in [-0.39, 0.29) is 0 Å². The normalized spacial score (nSPS) is 15.8. The molecule has 0 fully saturated rings. The van der Waals surface area contributed by atoms with Crippen molar-refractivity contribution in [3.63, 3.8) is 0 Å². The minimum atomic E-state index is 0.664. The van der Waals surface area contributed by atoms with Gasteiger partial charge >= 0.3 is 0 Å². The molecule has 1 unspecified atom stereocenters. The van der Waals surface area contributed by atoms with E-state index in [1.54, 1.807) is 5.56 Å². The highest BCUT2D eigenvalue weighted by Crippen LogP contribution is 2.33. The van der Waals surface area contributed by atoms with Crippen LogP contribution in [0.1, 0.15) is 53.0 Å². The largest absolute Gasteiger partial charge is 0.316 e. The van der Waals surface area contributed by atoms with Gasteiger partial charge in [-0.25, -0.2) is 0 Å². The topological polar surface area (TPSA) is 12.0 Å². The second kappa shape index (κ2) is 10.1. The molecule has 29 heavy (non-hydrogen) atoms. The van der Waals surface area contributed by atoms with Gasteiger partial charge in [0.15, 0.2) is 0 Å². The molecule has 1 nitrogen and oxygen atoms in total. The van der Waals surface area contributed by atoms with Crippen LogP contribution in [0.25, 0.3) is 0 Å². The molecule has 2 heteroatoms. The molecule has 0 saturated heterocycles. The lowest BCUT2D eigenvalue weighted by Gasteiger charge is -2.25. The Morgan fingerprint density at radius 3 is 2.34 bits per heavy atom. The maximum absolute atomic E-state index is 5.96. The first kappa shape index (κ1) is 20.2. The van der Waals surface area contributed by atoms with Crippen molar-refractivity contribution in [1.29, 1.82) is 0 Å². The SMILES string of the molecule is Clc1ccc(CCNCCCC2CCc3ccccc3Cc3ccccc32)cc1. The molecule has 150 valence electrons. The van der Waals surface area contributed by atoms with E-state index in [2.05, 4.69) is 66.0 Å². The number of fused-ring (bicyclic) bond motifs is 2. The van der Waals surface area contributed by atoms with Crippen molar-refractivity contribution in [2.24, 2.45) is 0 Å². The van der Waals surface area contributed by atoms with Crippen LogP contribution in [0.15, 0.2) is 72.8 Å². The molecule has 0 heterocycles. The van der Waals surface area contributed by atoms with Gasteiger partial charge in [0.1, 0.15) is 0 Å². The van der Waals surface area contributed by atoms with Gasteiger partial charge in [-0.15, -0.1) is 0 Å². The molecule has 0 aliphatic heterocycles. The van der Waals surface area contributed by atoms with Gasteiger partial charge in [-0.1, -0.05) is 72.3 Å². The predicted octanol–water partition coefficient (Wildman–Crippen LogP) is 6.57. The third-order valence-corrected chi connectivity index (χ3v) is 6.42. The van der Waals surface area contributed by atoms with Crippen LogP contribution in [0, 0.1) is 0 Å². The fourth-order valence-electron chi connectivity index (χ4n) is 4.54. The molecular weight excluding hydrogens is 374 g/mol. The Kier molecular flexibility index (Phi) is 7.03. The van der Waals surface area contributed by atoms with Gasteiger partial charge in [-0.3, -0.25) is 0 Å². The fourth-order valence-corrected chi connectivity index (χ4v) is 4.67. The average Bonchev–Trinajstić information content (AvgIpc) is 2.74. The van der Waals surface area contributed by atoms with Crippen LogP contribution in [-0.2, 0) is 19.3 Å². The fraction of sp³-hybridized carbons (Fsp3) is 0.333. The van der Waals surface area contributed by atoms with E-state index >= 15 is 0 Å². The van der Waals surface area contributed by atoms with Crippen LogP contribution >= 0.6 is 11.6 Å². The van der Waals surface area contributed by atoms with Gasteiger partial charge in [0.2, 0.25) is 0 Å². The summed E-state index contributed by atoms with van der Waals surface area (Å²) in [5.74, 6) is 0.664. The summed E-state index contributed by atoms with van der Waals surface area (Å²) in [7, 11) is 0. The minimum absolute atomic E-state index is 0.664. The lowest BCUT2D eigenvalue weighted by Crippen LogP contribution is -2.19. The van der Waals surface area contributed by atoms with Crippen LogP contribution < -0.4 is 5.32 Å². The number of aryl methyl sites for hydroxylation is 1. The molecule has 0 bridgehead atoms. The highest BCUT2D eigenvalue weighted by Gasteiger charge is 2.19. The number of benzene rings is 3. The number of hydrogen-bond donors (Lipinski definition) is 1. The van der Waals surface area contributed by atoms with E-state index < -0.39 is 0 Å². The highest BCUT2D eigenvalue weighted by molar-refractivity contribution is 6.30. The lowest BCUT2D eigenvalue weighted by molar-refractivity contribution is 0.524. The van der Waals surface area contributed by atoms with Crippen LogP contribution in [0.2, 0.25) is 5.02 Å². The van der Waals surface area contributed by atoms with E-state index in [1.807, 2.05) is 12.1 Å². The number of hydrogen-bond acceptors (Lipinski definition) is 1. The Hall–Kier alpha value is -2.09. The molecule has 3 aromatic rings. The quantitative estimate of drug-likeness (QED) is 0.439. The molecule has 0 aromatic heterocycles. The van der Waals surface area contributed by atoms with Gasteiger partial charge in [0.25, 0.3) is 0 Å². The van der Waals surface area contributed by atoms with Crippen LogP contribution in [0.5, 0.6) is 0 Å². The maximum atomic E-state index is 5.96. The first-order valence-corrected chi connectivity index (χ1v) is 11.3. The standard InChI is InChI=1S/C27H30ClN/c28-26-15-11-21(12-16-26)17-19-29-18-5-9-23-14-13-22-6-1-2-7-24(22)20-25-8-3-4-10-27(23)25/h1-4,6-8,10-12,15-16,23,29H,5,9,13-14,17-20H2. The van der Waals surface area contributed by atoms with Gasteiger partial charge in [0.05, 0.1) is 0 Å². The molecule has 0 radical (unpaired) electrons. The zero-order valence-electron chi connectivity index (χ0n) is 17.0. The summed E-state index contributed by atoms with van der Waals surface area (Å²) < 4.78 is 0. The van der Waals surface area contributed by atoms with Gasteiger partial charge in [-0.05, 0) is 97.5 Å². The molecule has 1 atom stereocenters. The first-order chi connectivity index (χ1) is 14.3. The summed E-state index contributed by atoms with van der Waals surface area (Å²) in [4.78, 5) is 0. The smallest absolute Gasteiger partial charge is 0.0406 e. The van der Waals surface area contributed by atoms with Crippen molar-refractivity contribution in [3.8, 4) is 0 Å². The summed E-state index contributed by atoms with van der Waals surface area (Å²) in [6.07, 6.45) is 7.05. The highest BCUT2D eigenvalue weighted by atomic mass is 35.5. The van der Waals surface area contributed by atoms with Crippen LogP contribution in [0.4, 0.5) is 0 Å². The third-order valence-electron chi connectivity index (χ3n) is 6.17. The number of rotatable bonds is 7. The summed E-state index contributed by atoms with van der Waals surface area (Å²) in [6, 6.07) is 26.3. The maximum Gasteiger partial charge on any atom is 0.0406 e. The van der Waals surface area contributed by atoms with Crippen LogP contribution in [0.3, 0.4) is 0 Å². The Morgan fingerprint density at radius 1 is 0.793 bits per heavy atom. The number of halogens is 1. The molecule has 1 aliphatic rings. The third kappa shape index (κ3) is 5.50. The van der Waals surface area contributed by atoms with E-state index in [9.17, 15) is 0 Å². The van der Waals surface area contributed by atoms with Gasteiger partial charge in [0, 0.05) is 5.02 Å². The average molecular weight is 404 g/mol. The molecule has 4 rings (SSSR count). The first-order valence-electron chi connectivity index (χ1n) is 10.9. The molecule has 1 aliphatic carbocycles.